The van der Waals surface area contributed by atoms with Crippen LogP contribution in [0.15, 0.2) is 11.6 Å². The number of likely N-dealkylation sites (tertiary alicyclic amines) is 1. The molecule has 2 rings (SSSR count). The zero-order valence-corrected chi connectivity index (χ0v) is 11.7. The minimum Gasteiger partial charge on any atom is -0.340 e. The number of rotatable bonds is 2. The molecule has 0 bridgehead atoms. The maximum absolute atomic E-state index is 12.0. The van der Waals surface area contributed by atoms with Gasteiger partial charge in [0.05, 0.1) is 0 Å². The summed E-state index contributed by atoms with van der Waals surface area (Å²) in [5, 5.41) is 3.24. The van der Waals surface area contributed by atoms with Crippen LogP contribution in [0.25, 0.3) is 0 Å². The molecule has 2 aliphatic heterocycles. The van der Waals surface area contributed by atoms with Gasteiger partial charge < -0.3 is 15.1 Å². The van der Waals surface area contributed by atoms with Gasteiger partial charge in [0, 0.05) is 52.6 Å². The summed E-state index contributed by atoms with van der Waals surface area (Å²) in [7, 11) is 0. The molecule has 0 aliphatic carbocycles. The average molecular weight is 265 g/mol. The SMILES string of the molecule is CC(=O)N1CCC/C(=C/CC(=O)N2CCNCC2)C1. The molecule has 0 spiro atoms. The lowest BCUT2D eigenvalue weighted by atomic mass is 10.0. The number of piperidine rings is 1. The normalized spacial score (nSPS) is 22.7. The van der Waals surface area contributed by atoms with E-state index in [-0.39, 0.29) is 11.8 Å². The van der Waals surface area contributed by atoms with Crippen LogP contribution in [0.3, 0.4) is 0 Å². The molecule has 0 radical (unpaired) electrons. The van der Waals surface area contributed by atoms with Gasteiger partial charge in [-0.15, -0.1) is 0 Å². The lowest BCUT2D eigenvalue weighted by molar-refractivity contribution is -0.130. The molecule has 2 fully saturated rings. The van der Waals surface area contributed by atoms with Crippen LogP contribution in [-0.4, -0.2) is 60.9 Å². The Bertz CT molecular complexity index is 373. The van der Waals surface area contributed by atoms with Crippen LogP contribution in [0, 0.1) is 0 Å². The molecule has 0 aromatic rings. The number of hydrogen-bond donors (Lipinski definition) is 1. The topological polar surface area (TPSA) is 52.7 Å². The summed E-state index contributed by atoms with van der Waals surface area (Å²) >= 11 is 0. The van der Waals surface area contributed by atoms with Crippen molar-refractivity contribution in [2.75, 3.05) is 39.3 Å². The van der Waals surface area contributed by atoms with Crippen LogP contribution in [0.1, 0.15) is 26.2 Å². The fourth-order valence-corrected chi connectivity index (χ4v) is 2.61. The average Bonchev–Trinajstić information content (AvgIpc) is 2.46. The molecule has 0 unspecified atom stereocenters. The smallest absolute Gasteiger partial charge is 0.226 e. The molecule has 2 aliphatic rings. The van der Waals surface area contributed by atoms with E-state index in [0.29, 0.717) is 13.0 Å². The highest BCUT2D eigenvalue weighted by molar-refractivity contribution is 5.78. The Labute approximate surface area is 114 Å². The summed E-state index contributed by atoms with van der Waals surface area (Å²) in [4.78, 5) is 27.1. The van der Waals surface area contributed by atoms with E-state index in [1.165, 1.54) is 5.57 Å². The summed E-state index contributed by atoms with van der Waals surface area (Å²) in [6.07, 6.45) is 4.52. The van der Waals surface area contributed by atoms with Gasteiger partial charge in [-0.25, -0.2) is 0 Å². The molecule has 2 saturated heterocycles. The molecule has 0 aromatic heterocycles. The zero-order valence-electron chi connectivity index (χ0n) is 11.7. The number of carbonyl (C=O) groups is 2. The van der Waals surface area contributed by atoms with Gasteiger partial charge in [0.1, 0.15) is 0 Å². The van der Waals surface area contributed by atoms with Crippen molar-refractivity contribution in [2.45, 2.75) is 26.2 Å². The number of hydrogen-bond acceptors (Lipinski definition) is 3. The number of piperazine rings is 1. The fraction of sp³-hybridized carbons (Fsp3) is 0.714. The largest absolute Gasteiger partial charge is 0.340 e. The van der Waals surface area contributed by atoms with E-state index in [1.807, 2.05) is 15.9 Å². The van der Waals surface area contributed by atoms with Crippen molar-refractivity contribution in [1.29, 1.82) is 0 Å². The molecule has 19 heavy (non-hydrogen) atoms. The maximum Gasteiger partial charge on any atom is 0.226 e. The molecule has 2 amide bonds. The molecular weight excluding hydrogens is 242 g/mol. The third kappa shape index (κ3) is 4.06. The van der Waals surface area contributed by atoms with Gasteiger partial charge in [-0.1, -0.05) is 11.6 Å². The monoisotopic (exact) mass is 265 g/mol. The van der Waals surface area contributed by atoms with Crippen molar-refractivity contribution in [3.63, 3.8) is 0 Å². The fourth-order valence-electron chi connectivity index (χ4n) is 2.61. The van der Waals surface area contributed by atoms with E-state index >= 15 is 0 Å². The summed E-state index contributed by atoms with van der Waals surface area (Å²) < 4.78 is 0. The van der Waals surface area contributed by atoms with Crippen LogP contribution in [0.5, 0.6) is 0 Å². The predicted octanol–water partition coefficient (Wildman–Crippen LogP) is 0.377. The Morgan fingerprint density at radius 1 is 1.21 bits per heavy atom. The highest BCUT2D eigenvalue weighted by Crippen LogP contribution is 2.16. The Kier molecular flexibility index (Phi) is 4.96. The molecule has 5 heteroatoms. The highest BCUT2D eigenvalue weighted by atomic mass is 16.2. The van der Waals surface area contributed by atoms with Crippen LogP contribution >= 0.6 is 0 Å². The third-order valence-electron chi connectivity index (χ3n) is 3.80. The molecule has 0 saturated carbocycles. The number of carbonyl (C=O) groups excluding carboxylic acids is 2. The second-order valence-electron chi connectivity index (χ2n) is 5.24. The molecule has 5 nitrogen and oxygen atoms in total. The molecule has 2 heterocycles. The molecule has 1 N–H and O–H groups in total. The van der Waals surface area contributed by atoms with E-state index in [1.54, 1.807) is 6.92 Å². The van der Waals surface area contributed by atoms with E-state index in [0.717, 1.165) is 45.6 Å². The molecule has 106 valence electrons. The van der Waals surface area contributed by atoms with E-state index in [9.17, 15) is 9.59 Å². The van der Waals surface area contributed by atoms with Crippen molar-refractivity contribution in [2.24, 2.45) is 0 Å². The van der Waals surface area contributed by atoms with E-state index in [4.69, 9.17) is 0 Å². The summed E-state index contributed by atoms with van der Waals surface area (Å²) in [5.74, 6) is 0.327. The number of amides is 2. The Morgan fingerprint density at radius 3 is 2.63 bits per heavy atom. The minimum atomic E-state index is 0.124. The predicted molar refractivity (Wildman–Crippen MR) is 73.6 cm³/mol. The first kappa shape index (κ1) is 14.1. The Balaban J connectivity index is 1.83. The van der Waals surface area contributed by atoms with Gasteiger partial charge in [0.2, 0.25) is 11.8 Å². The van der Waals surface area contributed by atoms with Crippen molar-refractivity contribution in [1.82, 2.24) is 15.1 Å². The quantitative estimate of drug-likeness (QED) is 0.734. The van der Waals surface area contributed by atoms with Gasteiger partial charge in [0.25, 0.3) is 0 Å². The van der Waals surface area contributed by atoms with Crippen molar-refractivity contribution in [3.8, 4) is 0 Å². The Hall–Kier alpha value is -1.36. The Morgan fingerprint density at radius 2 is 1.95 bits per heavy atom. The zero-order chi connectivity index (χ0) is 13.7. The van der Waals surface area contributed by atoms with Crippen molar-refractivity contribution >= 4 is 11.8 Å². The van der Waals surface area contributed by atoms with Gasteiger partial charge in [-0.3, -0.25) is 9.59 Å². The van der Waals surface area contributed by atoms with E-state index < -0.39 is 0 Å². The number of nitrogens with one attached hydrogen (secondary N) is 1. The lowest BCUT2D eigenvalue weighted by Crippen LogP contribution is -2.46. The van der Waals surface area contributed by atoms with Gasteiger partial charge in [0.15, 0.2) is 0 Å². The van der Waals surface area contributed by atoms with E-state index in [2.05, 4.69) is 5.32 Å². The second-order valence-corrected chi connectivity index (χ2v) is 5.24. The lowest BCUT2D eigenvalue weighted by Gasteiger charge is -2.29. The molecular formula is C14H23N3O2. The van der Waals surface area contributed by atoms with Gasteiger partial charge >= 0.3 is 0 Å². The first-order valence-corrected chi connectivity index (χ1v) is 7.09. The first-order valence-electron chi connectivity index (χ1n) is 7.09. The van der Waals surface area contributed by atoms with Crippen LogP contribution in [0.2, 0.25) is 0 Å². The molecule has 0 atom stereocenters. The molecule has 0 aromatic carbocycles. The maximum atomic E-state index is 12.0. The minimum absolute atomic E-state index is 0.124. The number of nitrogens with zero attached hydrogens (tertiary/aromatic N) is 2. The standard InChI is InChI=1S/C14H23N3O2/c1-12(18)17-8-2-3-13(11-17)4-5-14(19)16-9-6-15-7-10-16/h4,15H,2-3,5-11H2,1H3/b13-4-. The van der Waals surface area contributed by atoms with Crippen molar-refractivity contribution in [3.05, 3.63) is 11.6 Å². The highest BCUT2D eigenvalue weighted by Gasteiger charge is 2.18. The summed E-state index contributed by atoms with van der Waals surface area (Å²) in [5.41, 5.74) is 1.23. The second kappa shape index (κ2) is 6.70. The van der Waals surface area contributed by atoms with Gasteiger partial charge in [-0.05, 0) is 12.8 Å². The van der Waals surface area contributed by atoms with Gasteiger partial charge in [-0.2, -0.15) is 0 Å². The first-order chi connectivity index (χ1) is 9.16. The van der Waals surface area contributed by atoms with Crippen LogP contribution in [0.4, 0.5) is 0 Å². The third-order valence-corrected chi connectivity index (χ3v) is 3.80. The van der Waals surface area contributed by atoms with Crippen molar-refractivity contribution < 1.29 is 9.59 Å². The summed E-state index contributed by atoms with van der Waals surface area (Å²) in [6, 6.07) is 0. The van der Waals surface area contributed by atoms with Crippen LogP contribution < -0.4 is 5.32 Å². The summed E-state index contributed by atoms with van der Waals surface area (Å²) in [6.45, 7) is 6.54. The van der Waals surface area contributed by atoms with Crippen LogP contribution in [-0.2, 0) is 9.59 Å².